The van der Waals surface area contributed by atoms with Gasteiger partial charge in [0.05, 0.1) is 0 Å². The number of carbonyl (C=O) groups is 2. The monoisotopic (exact) mass is 453 g/mol. The molecule has 2 rings (SSSR count). The Hall–Kier alpha value is -2.25. The molecule has 0 spiro atoms. The topological polar surface area (TPSA) is 98.9 Å². The Morgan fingerprint density at radius 3 is 2.57 bits per heavy atom. The van der Waals surface area contributed by atoms with Crippen molar-refractivity contribution in [1.29, 1.82) is 0 Å². The molecular weight excluding hydrogens is 425 g/mol. The van der Waals surface area contributed by atoms with Crippen molar-refractivity contribution in [3.05, 3.63) is 45.8 Å². The first-order valence-electron chi connectivity index (χ1n) is 10.3. The summed E-state index contributed by atoms with van der Waals surface area (Å²) in [7, 11) is 0. The maximum Gasteiger partial charge on any atom is 0.271 e. The van der Waals surface area contributed by atoms with Gasteiger partial charge in [0.25, 0.3) is 5.91 Å². The molecule has 1 aromatic heterocycles. The quantitative estimate of drug-likeness (QED) is 0.334. The second kappa shape index (κ2) is 13.1. The van der Waals surface area contributed by atoms with Gasteiger partial charge in [-0.25, -0.2) is 4.98 Å². The third-order valence-electron chi connectivity index (χ3n) is 4.52. The molecule has 9 heteroatoms. The van der Waals surface area contributed by atoms with Crippen molar-refractivity contribution in [1.82, 2.24) is 20.6 Å². The summed E-state index contributed by atoms with van der Waals surface area (Å²) in [6.45, 7) is 3.73. The van der Waals surface area contributed by atoms with Gasteiger partial charge in [0.2, 0.25) is 11.2 Å². The van der Waals surface area contributed by atoms with E-state index in [1.165, 1.54) is 0 Å². The Morgan fingerprint density at radius 1 is 1.03 bits per heavy atom. The molecule has 0 bridgehead atoms. The molecule has 4 N–H and O–H groups in total. The van der Waals surface area contributed by atoms with Crippen molar-refractivity contribution in [3.63, 3.8) is 0 Å². The number of unbranched alkanes of at least 4 members (excludes halogenated alkanes) is 3. The zero-order valence-electron chi connectivity index (χ0n) is 17.2. The summed E-state index contributed by atoms with van der Waals surface area (Å²) in [5, 5.41) is 9.65. The largest absolute Gasteiger partial charge is 0.368 e. The van der Waals surface area contributed by atoms with Crippen LogP contribution in [0.1, 0.15) is 61.5 Å². The summed E-state index contributed by atoms with van der Waals surface area (Å²) in [6, 6.07) is 7.41. The first-order valence-corrected chi connectivity index (χ1v) is 11.0. The average Bonchev–Trinajstić information content (AvgIpc) is 3.11. The van der Waals surface area contributed by atoms with Gasteiger partial charge in [-0.05, 0) is 42.5 Å². The molecule has 30 heavy (non-hydrogen) atoms. The van der Waals surface area contributed by atoms with Crippen LogP contribution in [0.25, 0.3) is 0 Å². The molecule has 7 nitrogen and oxygen atoms in total. The number of aromatic amines is 1. The van der Waals surface area contributed by atoms with E-state index in [1.807, 2.05) is 18.2 Å². The highest BCUT2D eigenvalue weighted by atomic mass is 35.5. The van der Waals surface area contributed by atoms with E-state index >= 15 is 0 Å². The van der Waals surface area contributed by atoms with Gasteiger partial charge in [-0.2, -0.15) is 0 Å². The number of benzene rings is 1. The average molecular weight is 454 g/mol. The van der Waals surface area contributed by atoms with Gasteiger partial charge >= 0.3 is 0 Å². The molecule has 0 aliphatic heterocycles. The number of halogens is 2. The molecule has 0 aliphatic carbocycles. The van der Waals surface area contributed by atoms with E-state index in [-0.39, 0.29) is 17.1 Å². The summed E-state index contributed by atoms with van der Waals surface area (Å²) in [6.07, 6.45) is 4.97. The van der Waals surface area contributed by atoms with Crippen LogP contribution in [0.4, 0.5) is 5.82 Å². The standard InChI is InChI=1S/C21H29Cl2N5O2/c1-2-3-7-12-24-19-18(27-21(23)28-19)20(30)25-13-8-6-11-17(29)26-14-15-9-4-5-10-16(15)22/h4-5,9-10,24H,2-3,6-8,11-14H2,1H3,(H,25,30)(H,26,29)(H,27,28). The third-order valence-corrected chi connectivity index (χ3v) is 5.07. The molecular formula is C21H29Cl2N5O2. The van der Waals surface area contributed by atoms with Gasteiger partial charge in [0, 0.05) is 31.1 Å². The predicted molar refractivity (Wildman–Crippen MR) is 121 cm³/mol. The number of rotatable bonds is 13. The number of imidazole rings is 1. The second-order valence-corrected chi connectivity index (χ2v) is 7.73. The van der Waals surface area contributed by atoms with E-state index in [9.17, 15) is 9.59 Å². The van der Waals surface area contributed by atoms with Crippen LogP contribution in [0.2, 0.25) is 10.3 Å². The highest BCUT2D eigenvalue weighted by Crippen LogP contribution is 2.16. The molecule has 0 radical (unpaired) electrons. The molecule has 0 unspecified atom stereocenters. The van der Waals surface area contributed by atoms with Gasteiger partial charge in [-0.3, -0.25) is 9.59 Å². The van der Waals surface area contributed by atoms with Crippen molar-refractivity contribution in [3.8, 4) is 0 Å². The molecule has 1 aromatic carbocycles. The van der Waals surface area contributed by atoms with Crippen molar-refractivity contribution in [2.45, 2.75) is 52.0 Å². The van der Waals surface area contributed by atoms with E-state index in [2.05, 4.69) is 32.8 Å². The van der Waals surface area contributed by atoms with Gasteiger partial charge in [0.15, 0.2) is 5.82 Å². The minimum Gasteiger partial charge on any atom is -0.368 e. The maximum absolute atomic E-state index is 12.4. The lowest BCUT2D eigenvalue weighted by Crippen LogP contribution is -2.26. The minimum atomic E-state index is -0.268. The summed E-state index contributed by atoms with van der Waals surface area (Å²) >= 11 is 12.0. The summed E-state index contributed by atoms with van der Waals surface area (Å²) in [5.41, 5.74) is 1.21. The lowest BCUT2D eigenvalue weighted by atomic mass is 10.2. The fraction of sp³-hybridized carbons (Fsp3) is 0.476. The molecule has 1 heterocycles. The van der Waals surface area contributed by atoms with Crippen LogP contribution >= 0.6 is 23.2 Å². The number of H-pyrrole nitrogens is 1. The molecule has 0 saturated heterocycles. The van der Waals surface area contributed by atoms with E-state index in [0.29, 0.717) is 48.9 Å². The number of amides is 2. The first-order chi connectivity index (χ1) is 14.5. The van der Waals surface area contributed by atoms with Crippen LogP contribution in [-0.2, 0) is 11.3 Å². The van der Waals surface area contributed by atoms with Crippen molar-refractivity contribution in [2.75, 3.05) is 18.4 Å². The van der Waals surface area contributed by atoms with Crippen molar-refractivity contribution >= 4 is 40.8 Å². The van der Waals surface area contributed by atoms with E-state index in [4.69, 9.17) is 23.2 Å². The Kier molecular flexibility index (Phi) is 10.5. The highest BCUT2D eigenvalue weighted by Gasteiger charge is 2.16. The summed E-state index contributed by atoms with van der Waals surface area (Å²) in [5.74, 6) is 0.156. The van der Waals surface area contributed by atoms with Crippen LogP contribution in [-0.4, -0.2) is 34.9 Å². The molecule has 0 fully saturated rings. The molecule has 2 aromatic rings. The number of carbonyl (C=O) groups excluding carboxylic acids is 2. The zero-order chi connectivity index (χ0) is 21.8. The number of hydrogen-bond donors (Lipinski definition) is 4. The number of aromatic nitrogens is 2. The molecule has 2 amide bonds. The van der Waals surface area contributed by atoms with Gasteiger partial charge in [-0.15, -0.1) is 0 Å². The van der Waals surface area contributed by atoms with Crippen LogP contribution in [0, 0.1) is 0 Å². The SMILES string of the molecule is CCCCCNc1nc(Cl)[nH]c1C(=O)NCCCCC(=O)NCc1ccccc1Cl. The Morgan fingerprint density at radius 2 is 1.80 bits per heavy atom. The van der Waals surface area contributed by atoms with Crippen LogP contribution in [0.15, 0.2) is 24.3 Å². The highest BCUT2D eigenvalue weighted by molar-refractivity contribution is 6.31. The Labute approximate surface area is 187 Å². The van der Waals surface area contributed by atoms with Crippen LogP contribution in [0.5, 0.6) is 0 Å². The Balaban J connectivity index is 1.65. The molecule has 164 valence electrons. The van der Waals surface area contributed by atoms with E-state index in [0.717, 1.165) is 31.4 Å². The predicted octanol–water partition coefficient (Wildman–Crippen LogP) is 4.54. The van der Waals surface area contributed by atoms with Crippen LogP contribution < -0.4 is 16.0 Å². The lowest BCUT2D eigenvalue weighted by molar-refractivity contribution is -0.121. The van der Waals surface area contributed by atoms with Crippen LogP contribution in [0.3, 0.4) is 0 Å². The molecule has 0 saturated carbocycles. The number of nitrogens with zero attached hydrogens (tertiary/aromatic N) is 1. The second-order valence-electron chi connectivity index (χ2n) is 6.97. The molecule has 0 atom stereocenters. The van der Waals surface area contributed by atoms with Crippen molar-refractivity contribution < 1.29 is 9.59 Å². The number of hydrogen-bond acceptors (Lipinski definition) is 4. The van der Waals surface area contributed by atoms with E-state index < -0.39 is 0 Å². The van der Waals surface area contributed by atoms with E-state index in [1.54, 1.807) is 6.07 Å². The normalized spacial score (nSPS) is 10.6. The van der Waals surface area contributed by atoms with Gasteiger partial charge in [0.1, 0.15) is 5.69 Å². The maximum atomic E-state index is 12.4. The lowest BCUT2D eigenvalue weighted by Gasteiger charge is -2.08. The smallest absolute Gasteiger partial charge is 0.271 e. The number of nitrogens with one attached hydrogen (secondary N) is 4. The summed E-state index contributed by atoms with van der Waals surface area (Å²) in [4.78, 5) is 31.3. The summed E-state index contributed by atoms with van der Waals surface area (Å²) < 4.78 is 0. The number of anilines is 1. The fourth-order valence-corrected chi connectivity index (χ4v) is 3.22. The molecule has 0 aliphatic rings. The first kappa shape index (κ1) is 24.0. The third kappa shape index (κ3) is 8.24. The fourth-order valence-electron chi connectivity index (χ4n) is 2.84. The van der Waals surface area contributed by atoms with Gasteiger partial charge in [-0.1, -0.05) is 49.6 Å². The zero-order valence-corrected chi connectivity index (χ0v) is 18.7. The van der Waals surface area contributed by atoms with Gasteiger partial charge < -0.3 is 20.9 Å². The van der Waals surface area contributed by atoms with Crippen molar-refractivity contribution in [2.24, 2.45) is 0 Å². The Bertz CT molecular complexity index is 825. The minimum absolute atomic E-state index is 0.0415.